The smallest absolute Gasteiger partial charge is 0.126 e. The van der Waals surface area contributed by atoms with Crippen LogP contribution in [0.5, 0.6) is 5.75 Å². The maximum atomic E-state index is 12.8. The highest BCUT2D eigenvalue weighted by molar-refractivity contribution is 5.22. The summed E-state index contributed by atoms with van der Waals surface area (Å²) in [4.78, 5) is 0. The third-order valence-electron chi connectivity index (χ3n) is 2.49. The zero-order valence-electron chi connectivity index (χ0n) is 9.87. The second-order valence-electron chi connectivity index (χ2n) is 4.73. The van der Waals surface area contributed by atoms with E-state index in [4.69, 9.17) is 9.84 Å². The maximum absolute atomic E-state index is 12.8. The van der Waals surface area contributed by atoms with Crippen molar-refractivity contribution in [1.29, 1.82) is 0 Å². The van der Waals surface area contributed by atoms with Crippen molar-refractivity contribution in [3.63, 3.8) is 0 Å². The van der Waals surface area contributed by atoms with E-state index in [0.717, 1.165) is 12.8 Å². The lowest BCUT2D eigenvalue weighted by Crippen LogP contribution is -2.17. The minimum absolute atomic E-state index is 0.0642. The van der Waals surface area contributed by atoms with Crippen molar-refractivity contribution >= 4 is 0 Å². The molecule has 0 bridgehead atoms. The Hall–Kier alpha value is -1.09. The molecule has 16 heavy (non-hydrogen) atoms. The molecule has 1 rings (SSSR count). The molecule has 0 heterocycles. The standard InChI is InChI=1S/C13H19FO2/c1-13(2,10-15)7-4-8-16-12-6-3-5-11(14)9-12/h3,5-6,9,15H,4,7-8,10H2,1-2H3. The molecular formula is C13H19FO2. The quantitative estimate of drug-likeness (QED) is 0.755. The first kappa shape index (κ1) is 13.0. The van der Waals surface area contributed by atoms with Crippen LogP contribution >= 0.6 is 0 Å². The minimum atomic E-state index is -0.284. The number of halogens is 1. The molecule has 3 heteroatoms. The second kappa shape index (κ2) is 5.85. The monoisotopic (exact) mass is 226 g/mol. The summed E-state index contributed by atoms with van der Waals surface area (Å²) in [5.74, 6) is 0.273. The molecule has 0 radical (unpaired) electrons. The Morgan fingerprint density at radius 1 is 1.38 bits per heavy atom. The van der Waals surface area contributed by atoms with Crippen molar-refractivity contribution in [3.05, 3.63) is 30.1 Å². The van der Waals surface area contributed by atoms with Gasteiger partial charge in [0.05, 0.1) is 6.61 Å². The molecule has 1 aromatic rings. The molecular weight excluding hydrogens is 207 g/mol. The highest BCUT2D eigenvalue weighted by atomic mass is 19.1. The number of rotatable bonds is 6. The lowest BCUT2D eigenvalue weighted by atomic mass is 9.89. The van der Waals surface area contributed by atoms with E-state index in [1.807, 2.05) is 13.8 Å². The molecule has 0 aliphatic heterocycles. The fraction of sp³-hybridized carbons (Fsp3) is 0.538. The molecule has 0 atom stereocenters. The van der Waals surface area contributed by atoms with Gasteiger partial charge in [0.1, 0.15) is 11.6 Å². The third kappa shape index (κ3) is 4.62. The van der Waals surface area contributed by atoms with Crippen molar-refractivity contribution < 1.29 is 14.2 Å². The minimum Gasteiger partial charge on any atom is -0.493 e. The Morgan fingerprint density at radius 2 is 2.12 bits per heavy atom. The number of benzene rings is 1. The van der Waals surface area contributed by atoms with Gasteiger partial charge < -0.3 is 9.84 Å². The van der Waals surface area contributed by atoms with Crippen molar-refractivity contribution in [2.24, 2.45) is 5.41 Å². The molecule has 90 valence electrons. The second-order valence-corrected chi connectivity index (χ2v) is 4.73. The molecule has 0 aliphatic rings. The Morgan fingerprint density at radius 3 is 2.75 bits per heavy atom. The third-order valence-corrected chi connectivity index (χ3v) is 2.49. The van der Waals surface area contributed by atoms with Gasteiger partial charge in [-0.15, -0.1) is 0 Å². The molecule has 0 fully saturated rings. The molecule has 1 N–H and O–H groups in total. The van der Waals surface area contributed by atoms with Crippen molar-refractivity contribution in [2.75, 3.05) is 13.2 Å². The summed E-state index contributed by atoms with van der Waals surface area (Å²) in [6.45, 7) is 4.74. The topological polar surface area (TPSA) is 29.5 Å². The van der Waals surface area contributed by atoms with E-state index in [0.29, 0.717) is 12.4 Å². The Bertz CT molecular complexity index is 323. The van der Waals surface area contributed by atoms with Gasteiger partial charge in [-0.05, 0) is 30.4 Å². The lowest BCUT2D eigenvalue weighted by molar-refractivity contribution is 0.140. The van der Waals surface area contributed by atoms with Crippen molar-refractivity contribution in [1.82, 2.24) is 0 Å². The fourth-order valence-corrected chi connectivity index (χ4v) is 1.38. The zero-order valence-corrected chi connectivity index (χ0v) is 9.87. The van der Waals surface area contributed by atoms with Crippen LogP contribution < -0.4 is 4.74 Å². The van der Waals surface area contributed by atoms with E-state index in [1.54, 1.807) is 12.1 Å². The summed E-state index contributed by atoms with van der Waals surface area (Å²) in [7, 11) is 0. The number of hydrogen-bond acceptors (Lipinski definition) is 2. The van der Waals surface area contributed by atoms with Crippen LogP contribution in [0.4, 0.5) is 4.39 Å². The van der Waals surface area contributed by atoms with Crippen LogP contribution in [0.1, 0.15) is 26.7 Å². The van der Waals surface area contributed by atoms with Crippen LogP contribution in [-0.2, 0) is 0 Å². The molecule has 0 unspecified atom stereocenters. The van der Waals surface area contributed by atoms with Crippen molar-refractivity contribution in [2.45, 2.75) is 26.7 Å². The van der Waals surface area contributed by atoms with Crippen LogP contribution in [0.3, 0.4) is 0 Å². The lowest BCUT2D eigenvalue weighted by Gasteiger charge is -2.21. The van der Waals surface area contributed by atoms with Crippen LogP contribution in [0.15, 0.2) is 24.3 Å². The van der Waals surface area contributed by atoms with E-state index in [-0.39, 0.29) is 17.8 Å². The highest BCUT2D eigenvalue weighted by Gasteiger charge is 2.15. The molecule has 1 aromatic carbocycles. The normalized spacial score (nSPS) is 11.5. The van der Waals surface area contributed by atoms with Crippen LogP contribution in [-0.4, -0.2) is 18.3 Å². The van der Waals surface area contributed by atoms with Crippen LogP contribution in [0.2, 0.25) is 0 Å². The van der Waals surface area contributed by atoms with E-state index in [9.17, 15) is 4.39 Å². The first-order valence-electron chi connectivity index (χ1n) is 5.53. The van der Waals surface area contributed by atoms with Crippen LogP contribution in [0.25, 0.3) is 0 Å². The average molecular weight is 226 g/mol. The zero-order chi connectivity index (χ0) is 12.0. The number of hydrogen-bond donors (Lipinski definition) is 1. The van der Waals surface area contributed by atoms with Gasteiger partial charge in [-0.25, -0.2) is 4.39 Å². The number of aliphatic hydroxyl groups excluding tert-OH is 1. The van der Waals surface area contributed by atoms with Gasteiger partial charge >= 0.3 is 0 Å². The predicted molar refractivity (Wildman–Crippen MR) is 62.0 cm³/mol. The summed E-state index contributed by atoms with van der Waals surface area (Å²) >= 11 is 0. The Balaban J connectivity index is 2.26. The first-order valence-corrected chi connectivity index (χ1v) is 5.53. The average Bonchev–Trinajstić information content (AvgIpc) is 2.25. The molecule has 2 nitrogen and oxygen atoms in total. The molecule has 0 amide bonds. The van der Waals surface area contributed by atoms with E-state index in [1.165, 1.54) is 12.1 Å². The summed E-state index contributed by atoms with van der Waals surface area (Å²) in [5.41, 5.74) is -0.0642. The summed E-state index contributed by atoms with van der Waals surface area (Å²) in [6, 6.07) is 6.13. The van der Waals surface area contributed by atoms with Gasteiger partial charge in [-0.1, -0.05) is 19.9 Å². The van der Waals surface area contributed by atoms with Crippen LogP contribution in [0, 0.1) is 11.2 Å². The van der Waals surface area contributed by atoms with E-state index in [2.05, 4.69) is 0 Å². The summed E-state index contributed by atoms with van der Waals surface area (Å²) < 4.78 is 18.2. The van der Waals surface area contributed by atoms with E-state index >= 15 is 0 Å². The molecule has 0 aromatic heterocycles. The van der Waals surface area contributed by atoms with Gasteiger partial charge in [-0.3, -0.25) is 0 Å². The van der Waals surface area contributed by atoms with Crippen molar-refractivity contribution in [3.8, 4) is 5.75 Å². The first-order chi connectivity index (χ1) is 7.53. The SMILES string of the molecule is CC(C)(CO)CCCOc1cccc(F)c1. The van der Waals surface area contributed by atoms with E-state index < -0.39 is 0 Å². The number of ether oxygens (including phenoxy) is 1. The molecule has 0 aliphatic carbocycles. The Labute approximate surface area is 96.1 Å². The fourth-order valence-electron chi connectivity index (χ4n) is 1.38. The summed E-state index contributed by atoms with van der Waals surface area (Å²) in [5, 5.41) is 9.06. The van der Waals surface area contributed by atoms with Gasteiger partial charge in [-0.2, -0.15) is 0 Å². The van der Waals surface area contributed by atoms with Gasteiger partial charge in [0.15, 0.2) is 0 Å². The summed E-state index contributed by atoms with van der Waals surface area (Å²) in [6.07, 6.45) is 1.74. The van der Waals surface area contributed by atoms with Gasteiger partial charge in [0.2, 0.25) is 0 Å². The Kier molecular flexibility index (Phi) is 4.74. The molecule has 0 spiro atoms. The largest absolute Gasteiger partial charge is 0.493 e. The molecule has 0 saturated carbocycles. The number of aliphatic hydroxyl groups is 1. The molecule has 0 saturated heterocycles. The predicted octanol–water partition coefficient (Wildman–Crippen LogP) is 3.00. The highest BCUT2D eigenvalue weighted by Crippen LogP contribution is 2.21. The van der Waals surface area contributed by atoms with Gasteiger partial charge in [0, 0.05) is 12.7 Å². The maximum Gasteiger partial charge on any atom is 0.126 e. The van der Waals surface area contributed by atoms with Gasteiger partial charge in [0.25, 0.3) is 0 Å².